The number of anilines is 1. The molecule has 2 aliphatic rings. The van der Waals surface area contributed by atoms with Gasteiger partial charge in [-0.2, -0.15) is 0 Å². The van der Waals surface area contributed by atoms with Crippen molar-refractivity contribution in [3.05, 3.63) is 46.9 Å². The highest BCUT2D eigenvalue weighted by Gasteiger charge is 2.29. The number of aromatic nitrogens is 2. The SMILES string of the molecule is CS(=O)(=O)c1ccc([C@@H](CC2CCCC2)C(=O)Nc2nccnc2CC2COCO2)cc1Cl. The molecule has 1 aromatic carbocycles. The van der Waals surface area contributed by atoms with Crippen molar-refractivity contribution in [2.45, 2.75) is 55.4 Å². The topological polar surface area (TPSA) is 107 Å². The number of benzene rings is 1. The third kappa shape index (κ3) is 6.09. The molecule has 1 aromatic heterocycles. The predicted octanol–water partition coefficient (Wildman–Crippen LogP) is 3.75. The van der Waals surface area contributed by atoms with Gasteiger partial charge in [-0.05, 0) is 30.0 Å². The summed E-state index contributed by atoms with van der Waals surface area (Å²) in [5.41, 5.74) is 1.32. The number of sulfone groups is 1. The first kappa shape index (κ1) is 24.1. The molecule has 1 amide bonds. The average Bonchev–Trinajstić information content (AvgIpc) is 3.46. The maximum absolute atomic E-state index is 13.5. The van der Waals surface area contributed by atoms with Crippen LogP contribution in [0.2, 0.25) is 5.02 Å². The summed E-state index contributed by atoms with van der Waals surface area (Å²) < 4.78 is 34.7. The monoisotopic (exact) mass is 493 g/mol. The molecule has 33 heavy (non-hydrogen) atoms. The molecule has 1 unspecified atom stereocenters. The molecule has 0 radical (unpaired) electrons. The lowest BCUT2D eigenvalue weighted by Crippen LogP contribution is -2.25. The first-order valence-electron chi connectivity index (χ1n) is 11.1. The van der Waals surface area contributed by atoms with E-state index in [4.69, 9.17) is 21.1 Å². The minimum Gasteiger partial charge on any atom is -0.353 e. The van der Waals surface area contributed by atoms with Crippen LogP contribution in [0.25, 0.3) is 0 Å². The minimum atomic E-state index is -3.46. The number of ether oxygens (including phenoxy) is 2. The normalized spacial score (nSPS) is 20.1. The van der Waals surface area contributed by atoms with Crippen LogP contribution in [-0.4, -0.2) is 50.1 Å². The van der Waals surface area contributed by atoms with Gasteiger partial charge in [0.05, 0.1) is 34.2 Å². The molecule has 1 saturated carbocycles. The average molecular weight is 494 g/mol. The third-order valence-electron chi connectivity index (χ3n) is 6.25. The predicted molar refractivity (Wildman–Crippen MR) is 124 cm³/mol. The van der Waals surface area contributed by atoms with Gasteiger partial charge in [-0.25, -0.2) is 13.4 Å². The Morgan fingerprint density at radius 1 is 1.24 bits per heavy atom. The highest BCUT2D eigenvalue weighted by atomic mass is 35.5. The highest BCUT2D eigenvalue weighted by Crippen LogP contribution is 2.36. The second-order valence-corrected chi connectivity index (χ2v) is 11.1. The molecular weight excluding hydrogens is 466 g/mol. The van der Waals surface area contributed by atoms with Crippen LogP contribution < -0.4 is 5.32 Å². The van der Waals surface area contributed by atoms with E-state index >= 15 is 0 Å². The molecule has 0 spiro atoms. The lowest BCUT2D eigenvalue weighted by atomic mass is 9.87. The molecular formula is C23H28ClN3O5S. The summed E-state index contributed by atoms with van der Waals surface area (Å²) in [5.74, 6) is 0.128. The van der Waals surface area contributed by atoms with Gasteiger partial charge in [-0.1, -0.05) is 43.4 Å². The fourth-order valence-corrected chi connectivity index (χ4v) is 5.88. The Bertz CT molecular complexity index is 1100. The molecule has 0 bridgehead atoms. The van der Waals surface area contributed by atoms with Crippen LogP contribution in [0.5, 0.6) is 0 Å². The standard InChI is InChI=1S/C23H28ClN3O5S/c1-33(29,30)21-7-6-16(11-19(21)24)18(10-15-4-2-3-5-15)23(28)27-22-20(25-8-9-26-22)12-17-13-31-14-32-17/h6-9,11,15,17-18H,2-5,10,12-14H2,1H3,(H,26,27,28)/t17?,18-/m1/s1. The van der Waals surface area contributed by atoms with Crippen molar-refractivity contribution in [3.63, 3.8) is 0 Å². The van der Waals surface area contributed by atoms with Gasteiger partial charge < -0.3 is 14.8 Å². The first-order chi connectivity index (χ1) is 15.8. The van der Waals surface area contributed by atoms with Crippen molar-refractivity contribution in [2.24, 2.45) is 5.92 Å². The smallest absolute Gasteiger partial charge is 0.233 e. The summed E-state index contributed by atoms with van der Waals surface area (Å²) in [6.45, 7) is 0.722. The largest absolute Gasteiger partial charge is 0.353 e. The van der Waals surface area contributed by atoms with Crippen LogP contribution in [0.1, 0.15) is 49.3 Å². The lowest BCUT2D eigenvalue weighted by Gasteiger charge is -2.22. The molecule has 2 heterocycles. The summed E-state index contributed by atoms with van der Waals surface area (Å²) in [6, 6.07) is 4.76. The van der Waals surface area contributed by atoms with Crippen molar-refractivity contribution in [3.8, 4) is 0 Å². The van der Waals surface area contributed by atoms with E-state index in [9.17, 15) is 13.2 Å². The zero-order valence-corrected chi connectivity index (χ0v) is 20.1. The summed E-state index contributed by atoms with van der Waals surface area (Å²) in [4.78, 5) is 22.3. The summed E-state index contributed by atoms with van der Waals surface area (Å²) >= 11 is 6.30. The fourth-order valence-electron chi connectivity index (χ4n) is 4.54. The van der Waals surface area contributed by atoms with Gasteiger partial charge in [-0.3, -0.25) is 9.78 Å². The zero-order valence-electron chi connectivity index (χ0n) is 18.5. The number of carbonyl (C=O) groups excluding carboxylic acids is 1. The number of carbonyl (C=O) groups is 1. The molecule has 2 atom stereocenters. The maximum Gasteiger partial charge on any atom is 0.233 e. The summed E-state index contributed by atoms with van der Waals surface area (Å²) in [6.07, 6.45) is 9.72. The van der Waals surface area contributed by atoms with Crippen LogP contribution in [0.4, 0.5) is 5.82 Å². The Hall–Kier alpha value is -2.07. The van der Waals surface area contributed by atoms with Crippen molar-refractivity contribution < 1.29 is 22.7 Å². The third-order valence-corrected chi connectivity index (χ3v) is 7.83. The van der Waals surface area contributed by atoms with Crippen molar-refractivity contribution >= 4 is 33.2 Å². The Morgan fingerprint density at radius 2 is 2.00 bits per heavy atom. The van der Waals surface area contributed by atoms with E-state index in [2.05, 4.69) is 15.3 Å². The molecule has 2 aromatic rings. The zero-order chi connectivity index (χ0) is 23.4. The van der Waals surface area contributed by atoms with Crippen molar-refractivity contribution in [1.29, 1.82) is 0 Å². The molecule has 10 heteroatoms. The maximum atomic E-state index is 13.5. The molecule has 178 valence electrons. The minimum absolute atomic E-state index is 0.0583. The number of hydrogen-bond acceptors (Lipinski definition) is 7. The van der Waals surface area contributed by atoms with Gasteiger partial charge in [0, 0.05) is 25.1 Å². The Balaban J connectivity index is 1.59. The van der Waals surface area contributed by atoms with Crippen molar-refractivity contribution in [1.82, 2.24) is 9.97 Å². The van der Waals surface area contributed by atoms with E-state index < -0.39 is 15.8 Å². The van der Waals surface area contributed by atoms with Gasteiger partial charge in [0.15, 0.2) is 15.7 Å². The van der Waals surface area contributed by atoms with Gasteiger partial charge >= 0.3 is 0 Å². The van der Waals surface area contributed by atoms with Crippen LogP contribution in [0.15, 0.2) is 35.5 Å². The van der Waals surface area contributed by atoms with Crippen LogP contribution in [0.3, 0.4) is 0 Å². The highest BCUT2D eigenvalue weighted by molar-refractivity contribution is 7.90. The number of nitrogens with one attached hydrogen (secondary N) is 1. The van der Waals surface area contributed by atoms with Gasteiger partial charge in [-0.15, -0.1) is 0 Å². The molecule has 1 N–H and O–H groups in total. The number of amides is 1. The Morgan fingerprint density at radius 3 is 2.67 bits per heavy atom. The summed E-state index contributed by atoms with van der Waals surface area (Å²) in [5, 5.41) is 3.07. The quantitative estimate of drug-likeness (QED) is 0.596. The van der Waals surface area contributed by atoms with E-state index in [1.165, 1.54) is 12.3 Å². The number of hydrogen-bond donors (Lipinski definition) is 1. The van der Waals surface area contributed by atoms with Crippen LogP contribution in [-0.2, 0) is 30.5 Å². The van der Waals surface area contributed by atoms with Crippen LogP contribution >= 0.6 is 11.6 Å². The van der Waals surface area contributed by atoms with Gasteiger partial charge in [0.25, 0.3) is 0 Å². The van der Waals surface area contributed by atoms with E-state index in [1.807, 2.05) is 0 Å². The van der Waals surface area contributed by atoms with E-state index in [-0.39, 0.29) is 28.7 Å². The molecule has 2 fully saturated rings. The summed E-state index contributed by atoms with van der Waals surface area (Å²) in [7, 11) is -3.46. The second kappa shape index (κ2) is 10.5. The number of nitrogens with zero attached hydrogens (tertiary/aromatic N) is 2. The second-order valence-electron chi connectivity index (χ2n) is 8.72. The molecule has 8 nitrogen and oxygen atoms in total. The molecule has 1 saturated heterocycles. The van der Waals surface area contributed by atoms with Crippen LogP contribution in [0, 0.1) is 5.92 Å². The van der Waals surface area contributed by atoms with E-state index in [0.717, 1.165) is 31.9 Å². The van der Waals surface area contributed by atoms with Gasteiger partial charge in [0.1, 0.15) is 6.79 Å². The molecule has 4 rings (SSSR count). The first-order valence-corrected chi connectivity index (χ1v) is 13.4. The van der Waals surface area contributed by atoms with Gasteiger partial charge in [0.2, 0.25) is 5.91 Å². The van der Waals surface area contributed by atoms with E-state index in [0.29, 0.717) is 42.4 Å². The number of halogens is 1. The molecule has 1 aliphatic carbocycles. The molecule has 1 aliphatic heterocycles. The van der Waals surface area contributed by atoms with E-state index in [1.54, 1.807) is 18.3 Å². The number of rotatable bonds is 8. The van der Waals surface area contributed by atoms with Crippen molar-refractivity contribution in [2.75, 3.05) is 25.0 Å². The lowest BCUT2D eigenvalue weighted by molar-refractivity contribution is -0.118. The Kier molecular flexibility index (Phi) is 7.63. The fraction of sp³-hybridized carbons (Fsp3) is 0.522. The Labute approximate surface area is 199 Å².